The molecule has 2 aromatic carbocycles. The molecule has 26 heteroatoms. The van der Waals surface area contributed by atoms with Crippen molar-refractivity contribution in [2.45, 2.75) is 68.9 Å². The summed E-state index contributed by atoms with van der Waals surface area (Å²) in [4.78, 5) is 75.8. The van der Waals surface area contributed by atoms with Crippen LogP contribution in [0.4, 0.5) is 39.5 Å². The molecular weight excluding hydrogens is 867 g/mol. The lowest BCUT2D eigenvalue weighted by Gasteiger charge is -2.32. The third-order valence-corrected chi connectivity index (χ3v) is 8.69. The van der Waals surface area contributed by atoms with Gasteiger partial charge in [-0.05, 0) is 47.6 Å². The number of aromatic amines is 1. The van der Waals surface area contributed by atoms with Gasteiger partial charge in [-0.15, -0.1) is 0 Å². The predicted octanol–water partition coefficient (Wildman–Crippen LogP) is 4.15. The second-order valence-electron chi connectivity index (χ2n) is 12.7. The van der Waals surface area contributed by atoms with Gasteiger partial charge in [0.2, 0.25) is 11.8 Å². The van der Waals surface area contributed by atoms with E-state index >= 15 is 0 Å². The fraction of sp³-hybridized carbons (Fsp3) is 0.457. The number of nitrogens with one attached hydrogen (secondary N) is 2. The van der Waals surface area contributed by atoms with Crippen LogP contribution in [0.25, 0.3) is 10.8 Å². The number of imidazole rings is 1. The van der Waals surface area contributed by atoms with Gasteiger partial charge < -0.3 is 41.4 Å². The number of likely N-dealkylation sites (tertiary alicyclic amines) is 1. The normalized spacial score (nSPS) is 14.9. The van der Waals surface area contributed by atoms with E-state index in [0.717, 1.165) is 34.9 Å². The zero-order valence-corrected chi connectivity index (χ0v) is 32.6. The average molecular weight is 909 g/mol. The molecule has 8 N–H and O–H groups in total. The Morgan fingerprint density at radius 3 is 1.93 bits per heavy atom. The Morgan fingerprint density at radius 1 is 0.902 bits per heavy atom. The molecule has 16 nitrogen and oxygen atoms in total. The van der Waals surface area contributed by atoms with Crippen LogP contribution in [0.1, 0.15) is 30.5 Å². The molecule has 2 heterocycles. The van der Waals surface area contributed by atoms with Crippen LogP contribution in [0, 0.1) is 0 Å². The summed E-state index contributed by atoms with van der Waals surface area (Å²) in [5, 5.41) is 35.9. The van der Waals surface area contributed by atoms with Crippen molar-refractivity contribution in [3.8, 4) is 0 Å². The Labute approximate surface area is 344 Å². The predicted molar refractivity (Wildman–Crippen MR) is 198 cm³/mol. The quantitative estimate of drug-likeness (QED) is 0.112. The molecule has 1 aliphatic heterocycles. The molecule has 1 unspecified atom stereocenters. The molecule has 1 aliphatic rings. The van der Waals surface area contributed by atoms with Gasteiger partial charge in [-0.2, -0.15) is 51.3 Å². The summed E-state index contributed by atoms with van der Waals surface area (Å²) in [6.07, 6.45) is -7.68. The highest BCUT2D eigenvalue weighted by Gasteiger charge is 2.39. The van der Waals surface area contributed by atoms with Gasteiger partial charge in [-0.1, -0.05) is 42.5 Å². The summed E-state index contributed by atoms with van der Waals surface area (Å²) in [6.45, 7) is 1.58. The van der Waals surface area contributed by atoms with E-state index in [1.165, 1.54) is 0 Å². The molecule has 1 fully saturated rings. The molecule has 1 saturated heterocycles. The third kappa shape index (κ3) is 20.0. The van der Waals surface area contributed by atoms with Gasteiger partial charge in [0, 0.05) is 38.3 Å². The van der Waals surface area contributed by atoms with Gasteiger partial charge in [-0.25, -0.2) is 24.2 Å². The lowest BCUT2D eigenvalue weighted by molar-refractivity contribution is -0.193. The van der Waals surface area contributed by atoms with Crippen molar-refractivity contribution in [1.29, 1.82) is 0 Å². The molecular formula is C35H41F9N6O10S. The van der Waals surface area contributed by atoms with Gasteiger partial charge in [-0.3, -0.25) is 14.5 Å². The van der Waals surface area contributed by atoms with Crippen molar-refractivity contribution < 1.29 is 88.7 Å². The maximum Gasteiger partial charge on any atom is 0.490 e. The summed E-state index contributed by atoms with van der Waals surface area (Å²) >= 11 is 1.54. The van der Waals surface area contributed by atoms with Crippen molar-refractivity contribution in [3.05, 3.63) is 66.2 Å². The van der Waals surface area contributed by atoms with Crippen molar-refractivity contribution >= 4 is 58.2 Å². The van der Waals surface area contributed by atoms with Gasteiger partial charge in [0.25, 0.3) is 0 Å². The van der Waals surface area contributed by atoms with Crippen LogP contribution in [0.2, 0.25) is 0 Å². The number of carboxylic acid groups (broad SMARTS) is 4. The highest BCUT2D eigenvalue weighted by atomic mass is 32.2. The number of carbonyl (C=O) groups excluding carboxylic acids is 2. The fourth-order valence-electron chi connectivity index (χ4n) is 5.33. The number of nitrogens with zero attached hydrogens (tertiary/aromatic N) is 3. The van der Waals surface area contributed by atoms with Gasteiger partial charge >= 0.3 is 42.4 Å². The van der Waals surface area contributed by atoms with Crippen molar-refractivity contribution in [1.82, 2.24) is 25.1 Å². The minimum absolute atomic E-state index is 0.0180. The number of carbonyl (C=O) groups is 6. The van der Waals surface area contributed by atoms with Gasteiger partial charge in [0.05, 0.1) is 24.6 Å². The topological polar surface area (TPSA) is 257 Å². The number of amides is 2. The van der Waals surface area contributed by atoms with Gasteiger partial charge in [0.1, 0.15) is 6.04 Å². The Bertz CT molecular complexity index is 1840. The first-order valence-corrected chi connectivity index (χ1v) is 18.7. The molecule has 340 valence electrons. The zero-order chi connectivity index (χ0) is 46.7. The van der Waals surface area contributed by atoms with E-state index in [9.17, 15) is 59.0 Å². The minimum Gasteiger partial charge on any atom is -0.480 e. The second kappa shape index (κ2) is 24.6. The van der Waals surface area contributed by atoms with Gasteiger partial charge in [0.15, 0.2) is 0 Å². The van der Waals surface area contributed by atoms with Crippen LogP contribution >= 0.6 is 11.8 Å². The summed E-state index contributed by atoms with van der Waals surface area (Å²) < 4.78 is 95.2. The first-order chi connectivity index (χ1) is 28.2. The van der Waals surface area contributed by atoms with Crippen molar-refractivity contribution in [3.63, 3.8) is 0 Å². The van der Waals surface area contributed by atoms with E-state index in [0.29, 0.717) is 38.2 Å². The van der Waals surface area contributed by atoms with E-state index in [-0.39, 0.29) is 24.4 Å². The zero-order valence-electron chi connectivity index (χ0n) is 31.8. The number of nitrogens with two attached hydrogens (primary N) is 1. The molecule has 0 spiro atoms. The number of carboxylic acids is 4. The molecule has 3 aromatic rings. The highest BCUT2D eigenvalue weighted by molar-refractivity contribution is 7.98. The van der Waals surface area contributed by atoms with Crippen molar-refractivity contribution in [2.24, 2.45) is 5.73 Å². The standard InChI is InChI=1S/C29H38N6O4S.3C2HF3O2/c1-40-13-11-26(29(38)39)33-27(36)18-34(16-21-8-4-7-20-6-2-3-10-24(20)21)17-23-9-5-12-35(23)28(37)25(30)14-22-15-31-19-32-22;3*3-2(4,5)1(6)7/h2-4,6-8,10,15,19,23,25-26H,5,9,11-14,16-18,30H2,1H3,(H,31,32)(H,33,36)(H,38,39);3*(H,6,7)/t23-,25-,26?;;;/m0.../s1. The van der Waals surface area contributed by atoms with Crippen LogP contribution in [-0.2, 0) is 41.7 Å². The molecule has 61 heavy (non-hydrogen) atoms. The van der Waals surface area contributed by atoms with Crippen LogP contribution in [-0.4, -0.2) is 144 Å². The summed E-state index contributed by atoms with van der Waals surface area (Å²) in [5.74, 6) is -9.15. The number of rotatable bonds is 14. The lowest BCUT2D eigenvalue weighted by Crippen LogP contribution is -2.51. The maximum absolute atomic E-state index is 13.3. The Hall–Kier alpha value is -5.63. The summed E-state index contributed by atoms with van der Waals surface area (Å²) in [6, 6.07) is 12.4. The van der Waals surface area contributed by atoms with E-state index < -0.39 is 54.5 Å². The number of alkyl halides is 9. The number of aliphatic carboxylic acids is 4. The molecule has 0 saturated carbocycles. The largest absolute Gasteiger partial charge is 0.490 e. The van der Waals surface area contributed by atoms with Crippen LogP contribution < -0.4 is 11.1 Å². The molecule has 0 aliphatic carbocycles. The Kier molecular flexibility index (Phi) is 21.5. The number of benzene rings is 2. The van der Waals surface area contributed by atoms with Crippen molar-refractivity contribution in [2.75, 3.05) is 31.6 Å². The van der Waals surface area contributed by atoms with E-state index in [1.54, 1.807) is 24.3 Å². The number of thioether (sulfide) groups is 1. The minimum atomic E-state index is -5.08. The Morgan fingerprint density at radius 2 is 1.44 bits per heavy atom. The first kappa shape index (κ1) is 53.4. The summed E-state index contributed by atoms with van der Waals surface area (Å²) in [5.41, 5.74) is 8.09. The van der Waals surface area contributed by atoms with Crippen LogP contribution in [0.15, 0.2) is 55.0 Å². The number of aromatic nitrogens is 2. The molecule has 3 atom stereocenters. The van der Waals surface area contributed by atoms with E-state index in [2.05, 4.69) is 33.5 Å². The monoisotopic (exact) mass is 908 g/mol. The number of halogens is 9. The smallest absolute Gasteiger partial charge is 0.480 e. The highest BCUT2D eigenvalue weighted by Crippen LogP contribution is 2.24. The average Bonchev–Trinajstić information content (AvgIpc) is 3.85. The van der Waals surface area contributed by atoms with E-state index in [1.807, 2.05) is 40.3 Å². The summed E-state index contributed by atoms with van der Waals surface area (Å²) in [7, 11) is 0. The van der Waals surface area contributed by atoms with Crippen LogP contribution in [0.3, 0.4) is 0 Å². The Balaban J connectivity index is 0.000000726. The molecule has 4 rings (SSSR count). The fourth-order valence-corrected chi connectivity index (χ4v) is 5.81. The SMILES string of the molecule is CSCCC(NC(=O)CN(Cc1cccc2ccccc12)C[C@@H]1CCCN1C(=O)[C@@H](N)Cc1c[nH]cn1)C(=O)O.O=C(O)C(F)(F)F.O=C(O)C(F)(F)F.O=C(O)C(F)(F)F. The molecule has 0 radical (unpaired) electrons. The second-order valence-corrected chi connectivity index (χ2v) is 13.6. The number of fused-ring (bicyclic) bond motifs is 1. The van der Waals surface area contributed by atoms with Crippen LogP contribution in [0.5, 0.6) is 0 Å². The lowest BCUT2D eigenvalue weighted by atomic mass is 10.0. The third-order valence-electron chi connectivity index (χ3n) is 8.04. The first-order valence-electron chi connectivity index (χ1n) is 17.3. The number of hydrogen-bond donors (Lipinski definition) is 7. The molecule has 1 aromatic heterocycles. The molecule has 0 bridgehead atoms. The number of hydrogen-bond acceptors (Lipinski definition) is 10. The van der Waals surface area contributed by atoms with E-state index in [4.69, 9.17) is 35.4 Å². The molecule has 2 amide bonds. The maximum atomic E-state index is 13.3. The number of H-pyrrole nitrogens is 1.